The first-order valence-corrected chi connectivity index (χ1v) is 9.61. The average Bonchev–Trinajstić information content (AvgIpc) is 2.68. The van der Waals surface area contributed by atoms with E-state index in [1.54, 1.807) is 13.2 Å². The Balaban J connectivity index is 1.55. The molecule has 0 radical (unpaired) electrons. The zero-order chi connectivity index (χ0) is 20.0. The topological polar surface area (TPSA) is 24.5 Å². The van der Waals surface area contributed by atoms with Gasteiger partial charge < -0.3 is 15.0 Å². The summed E-state index contributed by atoms with van der Waals surface area (Å²) in [6.45, 7) is 3.17. The number of halogens is 3. The van der Waals surface area contributed by atoms with Crippen molar-refractivity contribution < 1.29 is 17.9 Å². The molecule has 0 amide bonds. The molecule has 2 aromatic carbocycles. The van der Waals surface area contributed by atoms with Crippen molar-refractivity contribution in [3.8, 4) is 0 Å². The number of para-hydroxylation sites is 1. The second kappa shape index (κ2) is 8.97. The fourth-order valence-corrected chi connectivity index (χ4v) is 3.80. The van der Waals surface area contributed by atoms with E-state index in [4.69, 9.17) is 4.74 Å². The Hall–Kier alpha value is -2.05. The molecule has 3 nitrogen and oxygen atoms in total. The predicted molar refractivity (Wildman–Crippen MR) is 105 cm³/mol. The predicted octanol–water partition coefficient (Wildman–Crippen LogP) is 4.84. The van der Waals surface area contributed by atoms with E-state index in [1.165, 1.54) is 12.1 Å². The molecular formula is C22H27F3N2O. The average molecular weight is 392 g/mol. The van der Waals surface area contributed by atoms with Crippen molar-refractivity contribution >= 4 is 5.69 Å². The molecule has 0 atom stereocenters. The summed E-state index contributed by atoms with van der Waals surface area (Å²) in [6.07, 6.45) is -1.81. The second-order valence-corrected chi connectivity index (χ2v) is 7.49. The number of hydrogen-bond acceptors (Lipinski definition) is 3. The highest BCUT2D eigenvalue weighted by molar-refractivity contribution is 5.45. The molecule has 28 heavy (non-hydrogen) atoms. The van der Waals surface area contributed by atoms with Crippen molar-refractivity contribution in [3.05, 3.63) is 65.7 Å². The van der Waals surface area contributed by atoms with E-state index in [0.29, 0.717) is 13.0 Å². The SMILES string of the molecule is COCC1(Nc2ccccc2)CCN(CCc2cccc(C(F)(F)F)c2)CC1. The van der Waals surface area contributed by atoms with Crippen LogP contribution in [-0.2, 0) is 17.3 Å². The lowest BCUT2D eigenvalue weighted by atomic mass is 9.87. The minimum absolute atomic E-state index is 0.108. The van der Waals surface area contributed by atoms with Crippen LogP contribution < -0.4 is 5.32 Å². The van der Waals surface area contributed by atoms with Gasteiger partial charge in [0.05, 0.1) is 17.7 Å². The van der Waals surface area contributed by atoms with Crippen molar-refractivity contribution in [2.24, 2.45) is 0 Å². The summed E-state index contributed by atoms with van der Waals surface area (Å²) < 4.78 is 44.1. The molecule has 1 N–H and O–H groups in total. The van der Waals surface area contributed by atoms with Crippen LogP contribution in [0.1, 0.15) is 24.0 Å². The number of methoxy groups -OCH3 is 1. The molecular weight excluding hydrogens is 365 g/mol. The summed E-state index contributed by atoms with van der Waals surface area (Å²) in [5.41, 5.74) is 1.13. The van der Waals surface area contributed by atoms with Crippen LogP contribution in [0.4, 0.5) is 18.9 Å². The van der Waals surface area contributed by atoms with Crippen LogP contribution in [0, 0.1) is 0 Å². The molecule has 1 aliphatic rings. The van der Waals surface area contributed by atoms with Gasteiger partial charge in [-0.3, -0.25) is 0 Å². The maximum Gasteiger partial charge on any atom is 0.416 e. The summed E-state index contributed by atoms with van der Waals surface area (Å²) in [7, 11) is 1.72. The summed E-state index contributed by atoms with van der Waals surface area (Å²) in [6, 6.07) is 15.8. The van der Waals surface area contributed by atoms with Crippen molar-refractivity contribution in [2.75, 3.05) is 38.7 Å². The van der Waals surface area contributed by atoms with Gasteiger partial charge in [0.25, 0.3) is 0 Å². The third-order valence-electron chi connectivity index (χ3n) is 5.39. The minimum atomic E-state index is -4.29. The van der Waals surface area contributed by atoms with E-state index < -0.39 is 11.7 Å². The molecule has 2 aromatic rings. The molecule has 0 spiro atoms. The lowest BCUT2D eigenvalue weighted by molar-refractivity contribution is -0.137. The largest absolute Gasteiger partial charge is 0.416 e. The zero-order valence-electron chi connectivity index (χ0n) is 16.1. The molecule has 6 heteroatoms. The summed E-state index contributed by atoms with van der Waals surface area (Å²) in [5.74, 6) is 0. The van der Waals surface area contributed by atoms with Gasteiger partial charge in [0, 0.05) is 32.4 Å². The van der Waals surface area contributed by atoms with Crippen LogP contribution in [0.3, 0.4) is 0 Å². The minimum Gasteiger partial charge on any atom is -0.382 e. The third-order valence-corrected chi connectivity index (χ3v) is 5.39. The Morgan fingerprint density at radius 1 is 1.04 bits per heavy atom. The van der Waals surface area contributed by atoms with Crippen molar-refractivity contribution in [3.63, 3.8) is 0 Å². The highest BCUT2D eigenvalue weighted by atomic mass is 19.4. The molecule has 0 aromatic heterocycles. The molecule has 0 bridgehead atoms. The summed E-state index contributed by atoms with van der Waals surface area (Å²) in [5, 5.41) is 3.64. The maximum absolute atomic E-state index is 12.9. The Labute approximate surface area is 164 Å². The Kier molecular flexibility index (Phi) is 6.62. The van der Waals surface area contributed by atoms with Gasteiger partial charge in [-0.25, -0.2) is 0 Å². The molecule has 0 aliphatic carbocycles. The number of rotatable bonds is 7. The number of alkyl halides is 3. The van der Waals surface area contributed by atoms with Crippen LogP contribution in [0.15, 0.2) is 54.6 Å². The number of benzene rings is 2. The number of likely N-dealkylation sites (tertiary alicyclic amines) is 1. The van der Waals surface area contributed by atoms with Crippen LogP contribution in [0.25, 0.3) is 0 Å². The molecule has 1 heterocycles. The number of hydrogen-bond donors (Lipinski definition) is 1. The van der Waals surface area contributed by atoms with E-state index in [0.717, 1.165) is 49.8 Å². The third kappa shape index (κ3) is 5.49. The van der Waals surface area contributed by atoms with Gasteiger partial charge in [-0.05, 0) is 43.0 Å². The van der Waals surface area contributed by atoms with E-state index in [2.05, 4.69) is 22.3 Å². The first-order chi connectivity index (χ1) is 13.4. The summed E-state index contributed by atoms with van der Waals surface area (Å²) in [4.78, 5) is 2.32. The monoisotopic (exact) mass is 392 g/mol. The standard InChI is InChI=1S/C22H27F3N2O/c1-28-17-21(26-20-8-3-2-4-9-20)11-14-27(15-12-21)13-10-18-6-5-7-19(16-18)22(23,24)25/h2-9,16,26H,10-15,17H2,1H3. The fourth-order valence-electron chi connectivity index (χ4n) is 3.80. The van der Waals surface area contributed by atoms with E-state index in [-0.39, 0.29) is 5.54 Å². The highest BCUT2D eigenvalue weighted by Crippen LogP contribution is 2.30. The Morgan fingerprint density at radius 3 is 2.39 bits per heavy atom. The van der Waals surface area contributed by atoms with Gasteiger partial charge in [0.1, 0.15) is 0 Å². The lowest BCUT2D eigenvalue weighted by Gasteiger charge is -2.42. The number of piperidine rings is 1. The molecule has 152 valence electrons. The van der Waals surface area contributed by atoms with Gasteiger partial charge in [0.2, 0.25) is 0 Å². The van der Waals surface area contributed by atoms with Crippen LogP contribution in [-0.4, -0.2) is 43.8 Å². The van der Waals surface area contributed by atoms with Crippen LogP contribution in [0.5, 0.6) is 0 Å². The van der Waals surface area contributed by atoms with Gasteiger partial charge in [0.15, 0.2) is 0 Å². The lowest BCUT2D eigenvalue weighted by Crippen LogP contribution is -2.52. The number of ether oxygens (including phenoxy) is 1. The normalized spacial score (nSPS) is 17.4. The van der Waals surface area contributed by atoms with Crippen LogP contribution >= 0.6 is 0 Å². The molecule has 3 rings (SSSR count). The first kappa shape index (κ1) is 20.7. The van der Waals surface area contributed by atoms with Gasteiger partial charge in [-0.1, -0.05) is 36.4 Å². The summed E-state index contributed by atoms with van der Waals surface area (Å²) >= 11 is 0. The molecule has 1 saturated heterocycles. The quantitative estimate of drug-likeness (QED) is 0.730. The Morgan fingerprint density at radius 2 is 1.75 bits per heavy atom. The van der Waals surface area contributed by atoms with E-state index in [1.807, 2.05) is 18.2 Å². The van der Waals surface area contributed by atoms with Gasteiger partial charge >= 0.3 is 6.18 Å². The van der Waals surface area contributed by atoms with Crippen molar-refractivity contribution in [1.29, 1.82) is 0 Å². The number of nitrogens with zero attached hydrogens (tertiary/aromatic N) is 1. The number of anilines is 1. The molecule has 0 saturated carbocycles. The highest BCUT2D eigenvalue weighted by Gasteiger charge is 2.34. The number of nitrogens with one attached hydrogen (secondary N) is 1. The Bertz CT molecular complexity index is 741. The first-order valence-electron chi connectivity index (χ1n) is 9.61. The van der Waals surface area contributed by atoms with Crippen molar-refractivity contribution in [2.45, 2.75) is 31.0 Å². The maximum atomic E-state index is 12.9. The zero-order valence-corrected chi connectivity index (χ0v) is 16.1. The smallest absolute Gasteiger partial charge is 0.382 e. The van der Waals surface area contributed by atoms with Crippen LogP contribution in [0.2, 0.25) is 0 Å². The second-order valence-electron chi connectivity index (χ2n) is 7.49. The molecule has 1 fully saturated rings. The van der Waals surface area contributed by atoms with E-state index in [9.17, 15) is 13.2 Å². The van der Waals surface area contributed by atoms with E-state index >= 15 is 0 Å². The molecule has 1 aliphatic heterocycles. The van der Waals surface area contributed by atoms with Gasteiger partial charge in [-0.15, -0.1) is 0 Å². The molecule has 0 unspecified atom stereocenters. The fraction of sp³-hybridized carbons (Fsp3) is 0.455. The van der Waals surface area contributed by atoms with Crippen molar-refractivity contribution in [1.82, 2.24) is 4.90 Å². The van der Waals surface area contributed by atoms with Gasteiger partial charge in [-0.2, -0.15) is 13.2 Å².